The molecule has 0 aliphatic heterocycles. The highest BCUT2D eigenvalue weighted by Crippen LogP contribution is 2.26. The molecule has 2 aromatic carbocycles. The SMILES string of the molecule is Cn1cc(-n2nc(-c3cccc(CCNS(=O)[O-])c3)c3ccccc3c2=O)cn1. The van der Waals surface area contributed by atoms with Crippen molar-refractivity contribution in [1.82, 2.24) is 24.3 Å². The summed E-state index contributed by atoms with van der Waals surface area (Å²) < 4.78 is 26.7. The van der Waals surface area contributed by atoms with Gasteiger partial charge in [-0.1, -0.05) is 36.4 Å². The molecule has 0 aliphatic rings. The van der Waals surface area contributed by atoms with Crippen LogP contribution in [0.15, 0.2) is 65.7 Å². The Labute approximate surface area is 169 Å². The van der Waals surface area contributed by atoms with Crippen molar-refractivity contribution >= 4 is 22.0 Å². The highest BCUT2D eigenvalue weighted by atomic mass is 32.2. The molecule has 29 heavy (non-hydrogen) atoms. The number of aromatic nitrogens is 4. The number of nitrogens with zero attached hydrogens (tertiary/aromatic N) is 4. The van der Waals surface area contributed by atoms with Gasteiger partial charge in [-0.05, 0) is 24.1 Å². The zero-order valence-electron chi connectivity index (χ0n) is 15.6. The molecule has 0 saturated carbocycles. The second kappa shape index (κ2) is 8.08. The van der Waals surface area contributed by atoms with Crippen molar-refractivity contribution in [1.29, 1.82) is 0 Å². The summed E-state index contributed by atoms with van der Waals surface area (Å²) >= 11 is -2.28. The Kier molecular flexibility index (Phi) is 5.34. The van der Waals surface area contributed by atoms with E-state index in [2.05, 4.69) is 14.9 Å². The molecule has 1 unspecified atom stereocenters. The molecule has 2 heterocycles. The van der Waals surface area contributed by atoms with E-state index in [-0.39, 0.29) is 5.56 Å². The third-order valence-corrected chi connectivity index (χ3v) is 5.01. The largest absolute Gasteiger partial charge is 0.760 e. The first-order valence-corrected chi connectivity index (χ1v) is 10.0. The van der Waals surface area contributed by atoms with Crippen LogP contribution in [0.5, 0.6) is 0 Å². The molecule has 8 nitrogen and oxygen atoms in total. The second-order valence-corrected chi connectivity index (χ2v) is 7.32. The van der Waals surface area contributed by atoms with Gasteiger partial charge in [-0.25, -0.2) is 4.72 Å². The number of nitrogens with one attached hydrogen (secondary N) is 1. The van der Waals surface area contributed by atoms with Crippen LogP contribution in [0.25, 0.3) is 27.7 Å². The van der Waals surface area contributed by atoms with E-state index in [9.17, 15) is 13.6 Å². The van der Waals surface area contributed by atoms with Crippen molar-refractivity contribution in [3.63, 3.8) is 0 Å². The minimum Gasteiger partial charge on any atom is -0.760 e. The number of hydrogen-bond donors (Lipinski definition) is 1. The zero-order valence-corrected chi connectivity index (χ0v) is 16.4. The maximum atomic E-state index is 13.0. The Morgan fingerprint density at radius 2 is 1.93 bits per heavy atom. The number of rotatable bonds is 6. The van der Waals surface area contributed by atoms with E-state index in [0.717, 1.165) is 16.5 Å². The van der Waals surface area contributed by atoms with Crippen molar-refractivity contribution in [3.05, 3.63) is 76.8 Å². The van der Waals surface area contributed by atoms with E-state index in [4.69, 9.17) is 0 Å². The molecular weight excluding hydrogens is 390 g/mol. The summed E-state index contributed by atoms with van der Waals surface area (Å²) in [6, 6.07) is 15.1. The maximum absolute atomic E-state index is 13.0. The third kappa shape index (κ3) is 4.02. The Hall–Kier alpha value is -3.14. The van der Waals surface area contributed by atoms with Crippen LogP contribution in [0, 0.1) is 0 Å². The van der Waals surface area contributed by atoms with Crippen LogP contribution in [-0.2, 0) is 24.7 Å². The van der Waals surface area contributed by atoms with Crippen molar-refractivity contribution in [2.75, 3.05) is 6.54 Å². The van der Waals surface area contributed by atoms with Gasteiger partial charge in [0.25, 0.3) is 5.56 Å². The van der Waals surface area contributed by atoms with Gasteiger partial charge in [0, 0.05) is 35.8 Å². The van der Waals surface area contributed by atoms with E-state index in [1.165, 1.54) is 4.68 Å². The van der Waals surface area contributed by atoms with Crippen LogP contribution >= 0.6 is 0 Å². The molecule has 2 aromatic heterocycles. The predicted octanol–water partition coefficient (Wildman–Crippen LogP) is 1.71. The van der Waals surface area contributed by atoms with E-state index in [0.29, 0.717) is 29.7 Å². The lowest BCUT2D eigenvalue weighted by atomic mass is 10.0. The molecule has 0 saturated heterocycles. The fourth-order valence-electron chi connectivity index (χ4n) is 3.25. The molecule has 0 spiro atoms. The van der Waals surface area contributed by atoms with Gasteiger partial charge in [0.05, 0.1) is 23.5 Å². The fraction of sp³-hybridized carbons (Fsp3) is 0.150. The van der Waals surface area contributed by atoms with Gasteiger partial charge in [-0.3, -0.25) is 13.7 Å². The smallest absolute Gasteiger partial charge is 0.279 e. The topological polar surface area (TPSA) is 105 Å². The Morgan fingerprint density at radius 1 is 1.14 bits per heavy atom. The van der Waals surface area contributed by atoms with Gasteiger partial charge >= 0.3 is 0 Å². The molecule has 9 heteroatoms. The highest BCUT2D eigenvalue weighted by Gasteiger charge is 2.14. The number of hydrogen-bond acceptors (Lipinski definition) is 5. The predicted molar refractivity (Wildman–Crippen MR) is 110 cm³/mol. The van der Waals surface area contributed by atoms with Gasteiger partial charge < -0.3 is 4.55 Å². The standard InChI is InChI=1S/C20H19N5O3S/c1-24-13-16(12-21-24)25-20(26)18-8-3-2-7-17(18)19(23-25)15-6-4-5-14(11-15)9-10-22-29(27)28/h2-8,11-13,22H,9-10H2,1H3,(H,27,28)/p-1. The molecule has 0 radical (unpaired) electrons. The molecule has 4 aromatic rings. The first-order chi connectivity index (χ1) is 14.0. The van der Waals surface area contributed by atoms with Crippen LogP contribution in [0.1, 0.15) is 5.56 Å². The molecule has 1 atom stereocenters. The normalized spacial score (nSPS) is 12.3. The first-order valence-electron chi connectivity index (χ1n) is 8.96. The summed E-state index contributed by atoms with van der Waals surface area (Å²) in [7, 11) is 1.78. The molecule has 0 aliphatic carbocycles. The fourth-order valence-corrected chi connectivity index (χ4v) is 3.52. The van der Waals surface area contributed by atoms with Crippen molar-refractivity contribution in [2.45, 2.75) is 6.42 Å². The van der Waals surface area contributed by atoms with Gasteiger partial charge in [-0.2, -0.15) is 14.9 Å². The summed E-state index contributed by atoms with van der Waals surface area (Å²) in [4.78, 5) is 13.0. The lowest BCUT2D eigenvalue weighted by molar-refractivity contribution is 0.523. The zero-order chi connectivity index (χ0) is 20.4. The summed E-state index contributed by atoms with van der Waals surface area (Å²) in [6.07, 6.45) is 3.87. The average Bonchev–Trinajstić information content (AvgIpc) is 3.14. The van der Waals surface area contributed by atoms with Crippen LogP contribution in [-0.4, -0.2) is 34.9 Å². The van der Waals surface area contributed by atoms with E-state index in [1.54, 1.807) is 30.2 Å². The van der Waals surface area contributed by atoms with Crippen molar-refractivity contribution < 1.29 is 8.76 Å². The lowest BCUT2D eigenvalue weighted by Gasteiger charge is -2.11. The third-order valence-electron chi connectivity index (χ3n) is 4.57. The number of fused-ring (bicyclic) bond motifs is 1. The molecule has 0 amide bonds. The molecule has 0 fully saturated rings. The van der Waals surface area contributed by atoms with Crippen LogP contribution < -0.4 is 10.3 Å². The van der Waals surface area contributed by atoms with Gasteiger partial charge in [0.1, 0.15) is 5.69 Å². The summed E-state index contributed by atoms with van der Waals surface area (Å²) in [5, 5.41) is 10.1. The quantitative estimate of drug-likeness (QED) is 0.489. The van der Waals surface area contributed by atoms with Crippen molar-refractivity contribution in [2.24, 2.45) is 7.05 Å². The lowest BCUT2D eigenvalue weighted by Crippen LogP contribution is -2.22. The Bertz CT molecular complexity index is 1260. The van der Waals surface area contributed by atoms with E-state index in [1.807, 2.05) is 42.5 Å². The number of aryl methyl sites for hydroxylation is 1. The van der Waals surface area contributed by atoms with E-state index >= 15 is 0 Å². The van der Waals surface area contributed by atoms with Gasteiger partial charge in [-0.15, -0.1) is 0 Å². The molecule has 0 bridgehead atoms. The summed E-state index contributed by atoms with van der Waals surface area (Å²) in [5.41, 5.74) is 2.86. The van der Waals surface area contributed by atoms with Gasteiger partial charge in [0.2, 0.25) is 0 Å². The van der Waals surface area contributed by atoms with Crippen LogP contribution in [0.4, 0.5) is 0 Å². The van der Waals surface area contributed by atoms with Crippen LogP contribution in [0.2, 0.25) is 0 Å². The molecule has 1 N–H and O–H groups in total. The average molecular weight is 408 g/mol. The molecule has 4 rings (SSSR count). The van der Waals surface area contributed by atoms with Gasteiger partial charge in [0.15, 0.2) is 0 Å². The van der Waals surface area contributed by atoms with E-state index < -0.39 is 11.3 Å². The number of benzene rings is 2. The Balaban J connectivity index is 1.84. The van der Waals surface area contributed by atoms with Crippen LogP contribution in [0.3, 0.4) is 0 Å². The molecular formula is C20H18N5O3S-. The summed E-state index contributed by atoms with van der Waals surface area (Å²) in [5.74, 6) is 0. The molecule has 148 valence electrons. The summed E-state index contributed by atoms with van der Waals surface area (Å²) in [6.45, 7) is 0.308. The minimum atomic E-state index is -2.28. The highest BCUT2D eigenvalue weighted by molar-refractivity contribution is 7.77. The Morgan fingerprint density at radius 3 is 2.66 bits per heavy atom. The maximum Gasteiger partial charge on any atom is 0.279 e. The second-order valence-electron chi connectivity index (χ2n) is 6.56. The minimum absolute atomic E-state index is 0.212. The van der Waals surface area contributed by atoms with Crippen molar-refractivity contribution in [3.8, 4) is 16.9 Å². The first kappa shape index (κ1) is 19.2. The monoisotopic (exact) mass is 408 g/mol.